The predicted molar refractivity (Wildman–Crippen MR) is 62.6 cm³/mol. The topological polar surface area (TPSA) is 57.6 Å². The van der Waals surface area contributed by atoms with E-state index < -0.39 is 5.97 Å². The van der Waals surface area contributed by atoms with Gasteiger partial charge >= 0.3 is 5.97 Å². The molecule has 1 heterocycles. The number of carboxylic acids is 1. The van der Waals surface area contributed by atoms with Gasteiger partial charge in [-0.1, -0.05) is 23.8 Å². The normalized spacial score (nSPS) is 19.1. The Kier molecular flexibility index (Phi) is 2.88. The highest BCUT2D eigenvalue weighted by atomic mass is 16.4. The molecule has 1 amide bonds. The van der Waals surface area contributed by atoms with Crippen molar-refractivity contribution in [3.63, 3.8) is 0 Å². The molecule has 1 aliphatic rings. The third-order valence-corrected chi connectivity index (χ3v) is 3.16. The van der Waals surface area contributed by atoms with Gasteiger partial charge in [0.1, 0.15) is 6.54 Å². The molecule has 1 atom stereocenters. The molecule has 1 saturated heterocycles. The lowest BCUT2D eigenvalue weighted by atomic mass is 9.90. The van der Waals surface area contributed by atoms with Gasteiger partial charge in [0.2, 0.25) is 5.91 Å². The average molecular weight is 233 g/mol. The zero-order chi connectivity index (χ0) is 12.6. The SMILES string of the molecule is Cc1ccc(C)c(C2CC(=O)N2CC(=O)O)c1. The van der Waals surface area contributed by atoms with Gasteiger partial charge in [0, 0.05) is 0 Å². The molecule has 2 rings (SSSR count). The Morgan fingerprint density at radius 1 is 1.47 bits per heavy atom. The summed E-state index contributed by atoms with van der Waals surface area (Å²) in [5.41, 5.74) is 3.29. The number of carbonyl (C=O) groups excluding carboxylic acids is 1. The van der Waals surface area contributed by atoms with Gasteiger partial charge in [-0.15, -0.1) is 0 Å². The minimum absolute atomic E-state index is 0.0708. The van der Waals surface area contributed by atoms with Crippen LogP contribution in [0.15, 0.2) is 18.2 Å². The lowest BCUT2D eigenvalue weighted by Gasteiger charge is -2.40. The molecule has 0 spiro atoms. The molecule has 0 saturated carbocycles. The number of benzene rings is 1. The van der Waals surface area contributed by atoms with Crippen molar-refractivity contribution in [3.05, 3.63) is 34.9 Å². The number of carboxylic acid groups (broad SMARTS) is 1. The minimum atomic E-state index is -0.964. The van der Waals surface area contributed by atoms with E-state index in [-0.39, 0.29) is 18.5 Å². The largest absolute Gasteiger partial charge is 0.480 e. The number of likely N-dealkylation sites (tertiary alicyclic amines) is 1. The monoisotopic (exact) mass is 233 g/mol. The Morgan fingerprint density at radius 2 is 2.18 bits per heavy atom. The fourth-order valence-electron chi connectivity index (χ4n) is 2.20. The molecule has 4 nitrogen and oxygen atoms in total. The van der Waals surface area contributed by atoms with E-state index in [1.165, 1.54) is 4.90 Å². The molecule has 90 valence electrons. The molecule has 17 heavy (non-hydrogen) atoms. The molecule has 1 N–H and O–H groups in total. The fourth-order valence-corrected chi connectivity index (χ4v) is 2.20. The van der Waals surface area contributed by atoms with Crippen LogP contribution in [0.2, 0.25) is 0 Å². The van der Waals surface area contributed by atoms with Crippen LogP contribution in [-0.2, 0) is 9.59 Å². The van der Waals surface area contributed by atoms with Crippen LogP contribution in [0.4, 0.5) is 0 Å². The Morgan fingerprint density at radius 3 is 2.76 bits per heavy atom. The molecule has 1 aromatic carbocycles. The third-order valence-electron chi connectivity index (χ3n) is 3.16. The lowest BCUT2D eigenvalue weighted by molar-refractivity contribution is -0.155. The molecular formula is C13H15NO3. The van der Waals surface area contributed by atoms with Crippen LogP contribution in [-0.4, -0.2) is 28.4 Å². The fraction of sp³-hybridized carbons (Fsp3) is 0.385. The van der Waals surface area contributed by atoms with E-state index in [0.717, 1.165) is 16.7 Å². The highest BCUT2D eigenvalue weighted by molar-refractivity contribution is 5.87. The number of nitrogens with zero attached hydrogens (tertiary/aromatic N) is 1. The van der Waals surface area contributed by atoms with Crippen LogP contribution in [0.25, 0.3) is 0 Å². The Labute approximate surface area is 99.9 Å². The quantitative estimate of drug-likeness (QED) is 0.808. The summed E-state index contributed by atoms with van der Waals surface area (Å²) < 4.78 is 0. The van der Waals surface area contributed by atoms with Crippen molar-refractivity contribution < 1.29 is 14.7 Å². The molecule has 0 bridgehead atoms. The Hall–Kier alpha value is -1.84. The molecular weight excluding hydrogens is 218 g/mol. The van der Waals surface area contributed by atoms with Crippen LogP contribution in [0.3, 0.4) is 0 Å². The number of amides is 1. The van der Waals surface area contributed by atoms with Crippen LogP contribution < -0.4 is 0 Å². The van der Waals surface area contributed by atoms with Crippen LogP contribution in [0, 0.1) is 13.8 Å². The van der Waals surface area contributed by atoms with Crippen LogP contribution in [0.5, 0.6) is 0 Å². The summed E-state index contributed by atoms with van der Waals surface area (Å²) in [6, 6.07) is 5.98. The summed E-state index contributed by atoms with van der Waals surface area (Å²) in [7, 11) is 0. The highest BCUT2D eigenvalue weighted by Crippen LogP contribution is 2.36. The van der Waals surface area contributed by atoms with Crippen molar-refractivity contribution in [3.8, 4) is 0 Å². The van der Waals surface area contributed by atoms with Crippen molar-refractivity contribution in [1.82, 2.24) is 4.90 Å². The van der Waals surface area contributed by atoms with E-state index in [2.05, 4.69) is 0 Å². The molecule has 1 aliphatic heterocycles. The minimum Gasteiger partial charge on any atom is -0.480 e. The van der Waals surface area contributed by atoms with Gasteiger partial charge in [0.25, 0.3) is 0 Å². The van der Waals surface area contributed by atoms with E-state index >= 15 is 0 Å². The van der Waals surface area contributed by atoms with Gasteiger partial charge in [-0.2, -0.15) is 0 Å². The second-order valence-electron chi connectivity index (χ2n) is 4.50. The predicted octanol–water partition coefficient (Wildman–Crippen LogP) is 1.66. The van der Waals surface area contributed by atoms with Crippen LogP contribution >= 0.6 is 0 Å². The first-order valence-electron chi connectivity index (χ1n) is 5.57. The lowest BCUT2D eigenvalue weighted by Crippen LogP contribution is -2.49. The van der Waals surface area contributed by atoms with Gasteiger partial charge in [-0.05, 0) is 25.0 Å². The second kappa shape index (κ2) is 4.20. The summed E-state index contributed by atoms with van der Waals surface area (Å²) in [4.78, 5) is 23.5. The summed E-state index contributed by atoms with van der Waals surface area (Å²) in [6.45, 7) is 3.76. The van der Waals surface area contributed by atoms with Crippen molar-refractivity contribution in [2.75, 3.05) is 6.54 Å². The van der Waals surface area contributed by atoms with Gasteiger partial charge in [-0.3, -0.25) is 9.59 Å². The van der Waals surface area contributed by atoms with E-state index in [1.54, 1.807) is 0 Å². The number of hydrogen-bond acceptors (Lipinski definition) is 2. The molecule has 0 radical (unpaired) electrons. The summed E-state index contributed by atoms with van der Waals surface area (Å²) in [6.07, 6.45) is 0.414. The van der Waals surface area contributed by atoms with Gasteiger partial charge in [0.15, 0.2) is 0 Å². The third kappa shape index (κ3) is 2.16. The number of β-lactam (4-membered cyclic amide) rings is 1. The van der Waals surface area contributed by atoms with Gasteiger partial charge in [0.05, 0.1) is 12.5 Å². The zero-order valence-electron chi connectivity index (χ0n) is 9.93. The van der Waals surface area contributed by atoms with Crippen molar-refractivity contribution in [1.29, 1.82) is 0 Å². The summed E-state index contributed by atoms with van der Waals surface area (Å²) >= 11 is 0. The van der Waals surface area contributed by atoms with Crippen molar-refractivity contribution >= 4 is 11.9 Å². The molecule has 1 fully saturated rings. The zero-order valence-corrected chi connectivity index (χ0v) is 9.93. The summed E-state index contributed by atoms with van der Waals surface area (Å²) in [5, 5.41) is 8.76. The number of aryl methyl sites for hydroxylation is 2. The average Bonchev–Trinajstić information content (AvgIpc) is 2.26. The molecule has 0 aromatic heterocycles. The standard InChI is InChI=1S/C13H15NO3/c1-8-3-4-9(2)10(5-8)11-6-12(15)14(11)7-13(16)17/h3-5,11H,6-7H2,1-2H3,(H,16,17). The van der Waals surface area contributed by atoms with Crippen molar-refractivity contribution in [2.45, 2.75) is 26.3 Å². The Bertz CT molecular complexity index is 482. The number of aliphatic carboxylic acids is 1. The Balaban J connectivity index is 2.25. The highest BCUT2D eigenvalue weighted by Gasteiger charge is 2.38. The summed E-state index contributed by atoms with van der Waals surface area (Å²) in [5.74, 6) is -1.05. The molecule has 4 heteroatoms. The number of rotatable bonds is 3. The van der Waals surface area contributed by atoms with E-state index in [9.17, 15) is 9.59 Å². The smallest absolute Gasteiger partial charge is 0.323 e. The molecule has 0 aliphatic carbocycles. The van der Waals surface area contributed by atoms with E-state index in [0.29, 0.717) is 6.42 Å². The molecule has 1 aromatic rings. The van der Waals surface area contributed by atoms with Gasteiger partial charge in [-0.25, -0.2) is 0 Å². The van der Waals surface area contributed by atoms with Crippen LogP contribution in [0.1, 0.15) is 29.2 Å². The molecule has 1 unspecified atom stereocenters. The first-order chi connectivity index (χ1) is 7.99. The first kappa shape index (κ1) is 11.6. The van der Waals surface area contributed by atoms with E-state index in [1.807, 2.05) is 32.0 Å². The van der Waals surface area contributed by atoms with Gasteiger partial charge < -0.3 is 10.0 Å². The maximum Gasteiger partial charge on any atom is 0.323 e. The maximum atomic E-state index is 11.4. The number of carbonyl (C=O) groups is 2. The second-order valence-corrected chi connectivity index (χ2v) is 4.50. The maximum absolute atomic E-state index is 11.4. The first-order valence-corrected chi connectivity index (χ1v) is 5.57. The van der Waals surface area contributed by atoms with Crippen molar-refractivity contribution in [2.24, 2.45) is 0 Å². The number of hydrogen-bond donors (Lipinski definition) is 1. The van der Waals surface area contributed by atoms with E-state index in [4.69, 9.17) is 5.11 Å².